The first-order valence-corrected chi connectivity index (χ1v) is 7.56. The van der Waals surface area contributed by atoms with Gasteiger partial charge in [-0.15, -0.1) is 12.4 Å². The maximum atomic E-state index is 12.2. The van der Waals surface area contributed by atoms with Crippen molar-refractivity contribution >= 4 is 35.6 Å². The predicted molar refractivity (Wildman–Crippen MR) is 89.4 cm³/mol. The Balaban J connectivity index is 0.00000176. The molecular formula is C16H22ClN3O2. The summed E-state index contributed by atoms with van der Waals surface area (Å²) in [6, 6.07) is 5.64. The van der Waals surface area contributed by atoms with Crippen LogP contribution in [0, 0.1) is 18.8 Å². The van der Waals surface area contributed by atoms with Crippen LogP contribution >= 0.6 is 12.4 Å². The van der Waals surface area contributed by atoms with E-state index in [0.29, 0.717) is 0 Å². The van der Waals surface area contributed by atoms with Gasteiger partial charge in [0.2, 0.25) is 11.8 Å². The Morgan fingerprint density at radius 1 is 1.09 bits per heavy atom. The number of carbonyl (C=O) groups is 2. The number of rotatable bonds is 4. The first-order valence-electron chi connectivity index (χ1n) is 7.56. The van der Waals surface area contributed by atoms with Crippen LogP contribution < -0.4 is 16.0 Å². The van der Waals surface area contributed by atoms with Crippen LogP contribution in [0.1, 0.15) is 24.8 Å². The van der Waals surface area contributed by atoms with Gasteiger partial charge in [-0.2, -0.15) is 0 Å². The lowest BCUT2D eigenvalue weighted by Crippen LogP contribution is -2.25. The zero-order chi connectivity index (χ0) is 14.8. The van der Waals surface area contributed by atoms with Gasteiger partial charge >= 0.3 is 0 Å². The van der Waals surface area contributed by atoms with Gasteiger partial charge in [0.05, 0.1) is 5.92 Å². The van der Waals surface area contributed by atoms with Crippen molar-refractivity contribution in [3.8, 4) is 0 Å². The van der Waals surface area contributed by atoms with Crippen LogP contribution in [-0.2, 0) is 9.59 Å². The van der Waals surface area contributed by atoms with E-state index in [9.17, 15) is 9.59 Å². The topological polar surface area (TPSA) is 70.2 Å². The number of nitrogens with one attached hydrogen (secondary N) is 3. The van der Waals surface area contributed by atoms with E-state index in [-0.39, 0.29) is 36.1 Å². The molecule has 1 aliphatic heterocycles. The molecule has 1 heterocycles. The largest absolute Gasteiger partial charge is 0.326 e. The first kappa shape index (κ1) is 16.8. The van der Waals surface area contributed by atoms with Crippen molar-refractivity contribution in [2.75, 3.05) is 23.7 Å². The lowest BCUT2D eigenvalue weighted by molar-refractivity contribution is -0.119. The zero-order valence-electron chi connectivity index (χ0n) is 12.6. The third kappa shape index (κ3) is 3.99. The van der Waals surface area contributed by atoms with Crippen LogP contribution in [-0.4, -0.2) is 24.9 Å². The smallest absolute Gasteiger partial charge is 0.228 e. The lowest BCUT2D eigenvalue weighted by atomic mass is 10.1. The molecule has 2 aliphatic rings. The summed E-state index contributed by atoms with van der Waals surface area (Å²) in [5, 5.41) is 9.08. The Morgan fingerprint density at radius 2 is 1.82 bits per heavy atom. The van der Waals surface area contributed by atoms with E-state index in [1.54, 1.807) is 0 Å². The van der Waals surface area contributed by atoms with Crippen molar-refractivity contribution in [2.24, 2.45) is 11.8 Å². The van der Waals surface area contributed by atoms with E-state index in [2.05, 4.69) is 16.0 Å². The number of benzene rings is 1. The van der Waals surface area contributed by atoms with E-state index in [1.807, 2.05) is 25.1 Å². The summed E-state index contributed by atoms with van der Waals surface area (Å²) in [5.41, 5.74) is 2.52. The minimum atomic E-state index is 0. The minimum absolute atomic E-state index is 0. The van der Waals surface area contributed by atoms with Crippen LogP contribution in [0.25, 0.3) is 0 Å². The van der Waals surface area contributed by atoms with Gasteiger partial charge in [0.25, 0.3) is 0 Å². The number of carbonyl (C=O) groups excluding carboxylic acids is 2. The maximum Gasteiger partial charge on any atom is 0.228 e. The number of aryl methyl sites for hydroxylation is 1. The van der Waals surface area contributed by atoms with Crippen LogP contribution in [0.4, 0.5) is 11.4 Å². The second-order valence-electron chi connectivity index (χ2n) is 5.97. The third-order valence-corrected chi connectivity index (χ3v) is 4.14. The summed E-state index contributed by atoms with van der Waals surface area (Å²) in [6.45, 7) is 3.59. The van der Waals surface area contributed by atoms with Gasteiger partial charge in [-0.25, -0.2) is 0 Å². The fraction of sp³-hybridized carbons (Fsp3) is 0.500. The molecule has 0 spiro atoms. The third-order valence-electron chi connectivity index (χ3n) is 4.14. The summed E-state index contributed by atoms with van der Waals surface area (Å²) in [6.07, 6.45) is 2.84. The summed E-state index contributed by atoms with van der Waals surface area (Å²) in [4.78, 5) is 24.0. The highest BCUT2D eigenvalue weighted by Crippen LogP contribution is 2.31. The van der Waals surface area contributed by atoms with E-state index < -0.39 is 0 Å². The van der Waals surface area contributed by atoms with Gasteiger partial charge in [-0.3, -0.25) is 9.59 Å². The fourth-order valence-corrected chi connectivity index (χ4v) is 2.54. The Bertz CT molecular complexity index is 567. The average molecular weight is 324 g/mol. The molecule has 6 heteroatoms. The molecule has 1 aromatic rings. The molecule has 1 atom stereocenters. The molecule has 2 fully saturated rings. The number of hydrogen-bond acceptors (Lipinski definition) is 3. The summed E-state index contributed by atoms with van der Waals surface area (Å²) in [7, 11) is 0. The van der Waals surface area contributed by atoms with Crippen molar-refractivity contribution in [3.63, 3.8) is 0 Å². The standard InChI is InChI=1S/C16H21N3O2.ClH/c1-10-2-5-13(18-15(20)11-3-4-11)8-14(10)19-16(21)12-6-7-17-9-12;/h2,5,8,11-12,17H,3-4,6-7,9H2,1H3,(H,18,20)(H,19,21);1H. The molecule has 3 rings (SSSR count). The monoisotopic (exact) mass is 323 g/mol. The van der Waals surface area contributed by atoms with Gasteiger partial charge in [-0.1, -0.05) is 6.07 Å². The van der Waals surface area contributed by atoms with Gasteiger partial charge in [0, 0.05) is 23.8 Å². The van der Waals surface area contributed by atoms with Crippen molar-refractivity contribution in [2.45, 2.75) is 26.2 Å². The lowest BCUT2D eigenvalue weighted by Gasteiger charge is -2.14. The van der Waals surface area contributed by atoms with Crippen molar-refractivity contribution in [1.29, 1.82) is 0 Å². The SMILES string of the molecule is Cc1ccc(NC(=O)C2CC2)cc1NC(=O)C1CCNC1.Cl. The van der Waals surface area contributed by atoms with Gasteiger partial charge in [-0.05, 0) is 50.4 Å². The Labute approximate surface area is 136 Å². The molecule has 1 saturated heterocycles. The molecule has 5 nitrogen and oxygen atoms in total. The highest BCUT2D eigenvalue weighted by Gasteiger charge is 2.29. The predicted octanol–water partition coefficient (Wildman–Crippen LogP) is 2.31. The van der Waals surface area contributed by atoms with Crippen LogP contribution in [0.3, 0.4) is 0 Å². The molecule has 1 aliphatic carbocycles. The molecule has 3 N–H and O–H groups in total. The van der Waals surface area contributed by atoms with Crippen LogP contribution in [0.15, 0.2) is 18.2 Å². The highest BCUT2D eigenvalue weighted by atomic mass is 35.5. The van der Waals surface area contributed by atoms with Crippen molar-refractivity contribution in [3.05, 3.63) is 23.8 Å². The average Bonchev–Trinajstić information content (AvgIpc) is 3.17. The van der Waals surface area contributed by atoms with Crippen molar-refractivity contribution < 1.29 is 9.59 Å². The van der Waals surface area contributed by atoms with E-state index in [0.717, 1.165) is 49.3 Å². The van der Waals surface area contributed by atoms with E-state index >= 15 is 0 Å². The van der Waals surface area contributed by atoms with E-state index in [1.165, 1.54) is 0 Å². The quantitative estimate of drug-likeness (QED) is 0.796. The molecule has 1 aromatic carbocycles. The molecule has 120 valence electrons. The molecule has 0 bridgehead atoms. The fourth-order valence-electron chi connectivity index (χ4n) is 2.54. The maximum absolute atomic E-state index is 12.2. The first-order chi connectivity index (χ1) is 10.1. The van der Waals surface area contributed by atoms with Crippen LogP contribution in [0.2, 0.25) is 0 Å². The van der Waals surface area contributed by atoms with Gasteiger partial charge < -0.3 is 16.0 Å². The van der Waals surface area contributed by atoms with Crippen LogP contribution in [0.5, 0.6) is 0 Å². The van der Waals surface area contributed by atoms with E-state index in [4.69, 9.17) is 0 Å². The Morgan fingerprint density at radius 3 is 2.45 bits per heavy atom. The molecule has 1 unspecified atom stereocenters. The molecule has 1 saturated carbocycles. The summed E-state index contributed by atoms with van der Waals surface area (Å²) < 4.78 is 0. The molecule has 2 amide bonds. The van der Waals surface area contributed by atoms with Gasteiger partial charge in [0.15, 0.2) is 0 Å². The normalized spacial score (nSPS) is 20.1. The number of hydrogen-bond donors (Lipinski definition) is 3. The highest BCUT2D eigenvalue weighted by molar-refractivity contribution is 5.97. The Hall–Kier alpha value is -1.59. The number of amides is 2. The number of halogens is 1. The second kappa shape index (κ2) is 7.11. The second-order valence-corrected chi connectivity index (χ2v) is 5.97. The number of anilines is 2. The zero-order valence-corrected chi connectivity index (χ0v) is 13.5. The van der Waals surface area contributed by atoms with Gasteiger partial charge in [0.1, 0.15) is 0 Å². The summed E-state index contributed by atoms with van der Waals surface area (Å²) >= 11 is 0. The molecule has 0 radical (unpaired) electrons. The molecule has 0 aromatic heterocycles. The molecule has 22 heavy (non-hydrogen) atoms. The minimum Gasteiger partial charge on any atom is -0.326 e. The van der Waals surface area contributed by atoms with Crippen molar-refractivity contribution in [1.82, 2.24) is 5.32 Å². The summed E-state index contributed by atoms with van der Waals surface area (Å²) in [5.74, 6) is 0.341. The molecular weight excluding hydrogens is 302 g/mol. The Kier molecular flexibility index (Phi) is 5.42.